The molecule has 1 aliphatic heterocycles. The maximum absolute atomic E-state index is 11.9. The molecule has 2 heterocycles. The summed E-state index contributed by atoms with van der Waals surface area (Å²) in [5.74, 6) is 1.68. The highest BCUT2D eigenvalue weighted by Gasteiger charge is 2.34. The van der Waals surface area contributed by atoms with Crippen LogP contribution in [0.25, 0.3) is 11.0 Å². The first-order valence-corrected chi connectivity index (χ1v) is 7.74. The van der Waals surface area contributed by atoms with Crippen molar-refractivity contribution in [1.82, 2.24) is 4.90 Å². The SMILES string of the molecule is CCCCN1C(=O)CSC1c1cc2ccccc2o1. The Hall–Kier alpha value is -1.42. The predicted octanol–water partition coefficient (Wildman–Crippen LogP) is 3.81. The summed E-state index contributed by atoms with van der Waals surface area (Å²) < 4.78 is 5.90. The van der Waals surface area contributed by atoms with Crippen molar-refractivity contribution in [3.63, 3.8) is 0 Å². The van der Waals surface area contributed by atoms with E-state index in [1.54, 1.807) is 11.8 Å². The van der Waals surface area contributed by atoms with Crippen LogP contribution in [0.4, 0.5) is 0 Å². The fourth-order valence-corrected chi connectivity index (χ4v) is 3.53. The molecule has 0 N–H and O–H groups in total. The van der Waals surface area contributed by atoms with E-state index in [1.165, 1.54) is 0 Å². The quantitative estimate of drug-likeness (QED) is 0.850. The maximum Gasteiger partial charge on any atom is 0.233 e. The largest absolute Gasteiger partial charge is 0.458 e. The highest BCUT2D eigenvalue weighted by molar-refractivity contribution is 8.00. The number of benzene rings is 1. The summed E-state index contributed by atoms with van der Waals surface area (Å²) in [6.07, 6.45) is 2.14. The van der Waals surface area contributed by atoms with Crippen LogP contribution in [0.3, 0.4) is 0 Å². The Bertz CT molecular complexity index is 560. The molecule has 1 fully saturated rings. The van der Waals surface area contributed by atoms with Crippen LogP contribution in [0.2, 0.25) is 0 Å². The Balaban J connectivity index is 1.89. The van der Waals surface area contributed by atoms with Crippen molar-refractivity contribution in [2.45, 2.75) is 25.1 Å². The van der Waals surface area contributed by atoms with Gasteiger partial charge in [0.25, 0.3) is 0 Å². The number of furan rings is 1. The average Bonchev–Trinajstić information content (AvgIpc) is 2.99. The van der Waals surface area contributed by atoms with E-state index in [-0.39, 0.29) is 11.3 Å². The second-order valence-electron chi connectivity index (χ2n) is 4.79. The standard InChI is InChI=1S/C15H17NO2S/c1-2-3-8-16-14(17)10-19-15(16)13-9-11-6-4-5-7-12(11)18-13/h4-7,9,15H,2-3,8,10H2,1H3. The molecule has 1 aliphatic rings. The Morgan fingerprint density at radius 3 is 3.05 bits per heavy atom. The van der Waals surface area contributed by atoms with E-state index in [0.29, 0.717) is 5.75 Å². The average molecular weight is 275 g/mol. The van der Waals surface area contributed by atoms with Gasteiger partial charge in [0, 0.05) is 11.9 Å². The number of para-hydroxylation sites is 1. The zero-order valence-electron chi connectivity index (χ0n) is 11.0. The lowest BCUT2D eigenvalue weighted by atomic mass is 10.2. The summed E-state index contributed by atoms with van der Waals surface area (Å²) in [7, 11) is 0. The number of carbonyl (C=O) groups is 1. The Morgan fingerprint density at radius 1 is 1.42 bits per heavy atom. The molecule has 1 saturated heterocycles. The molecule has 3 nitrogen and oxygen atoms in total. The van der Waals surface area contributed by atoms with Gasteiger partial charge in [-0.3, -0.25) is 4.79 Å². The zero-order valence-corrected chi connectivity index (χ0v) is 11.8. The lowest BCUT2D eigenvalue weighted by Crippen LogP contribution is -2.28. The number of fused-ring (bicyclic) bond motifs is 1. The van der Waals surface area contributed by atoms with Gasteiger partial charge in [0.05, 0.1) is 5.75 Å². The number of thioether (sulfide) groups is 1. The minimum atomic E-state index is 0.0476. The summed E-state index contributed by atoms with van der Waals surface area (Å²) in [6.45, 7) is 2.97. The van der Waals surface area contributed by atoms with Crippen LogP contribution in [0.15, 0.2) is 34.7 Å². The molecular weight excluding hydrogens is 258 g/mol. The topological polar surface area (TPSA) is 33.5 Å². The molecule has 1 atom stereocenters. The lowest BCUT2D eigenvalue weighted by molar-refractivity contribution is -0.128. The molecule has 1 aromatic carbocycles. The van der Waals surface area contributed by atoms with Gasteiger partial charge in [-0.2, -0.15) is 0 Å². The normalized spacial score (nSPS) is 19.5. The zero-order chi connectivity index (χ0) is 13.2. The molecule has 1 aromatic heterocycles. The van der Waals surface area contributed by atoms with Crippen molar-refractivity contribution in [3.8, 4) is 0 Å². The van der Waals surface area contributed by atoms with Gasteiger partial charge in [0.1, 0.15) is 16.7 Å². The van der Waals surface area contributed by atoms with Crippen LogP contribution < -0.4 is 0 Å². The fourth-order valence-electron chi connectivity index (χ4n) is 2.38. The third-order valence-corrected chi connectivity index (χ3v) is 4.62. The molecule has 4 heteroatoms. The van der Waals surface area contributed by atoms with Gasteiger partial charge in [-0.25, -0.2) is 0 Å². The third-order valence-electron chi connectivity index (χ3n) is 3.41. The highest BCUT2D eigenvalue weighted by atomic mass is 32.2. The van der Waals surface area contributed by atoms with E-state index < -0.39 is 0 Å². The van der Waals surface area contributed by atoms with E-state index in [4.69, 9.17) is 4.42 Å². The van der Waals surface area contributed by atoms with Gasteiger partial charge in [-0.15, -0.1) is 11.8 Å². The van der Waals surface area contributed by atoms with E-state index in [0.717, 1.165) is 36.1 Å². The Labute approximate surface area is 117 Å². The number of amides is 1. The van der Waals surface area contributed by atoms with E-state index >= 15 is 0 Å². The van der Waals surface area contributed by atoms with Crippen molar-refractivity contribution in [2.24, 2.45) is 0 Å². The summed E-state index contributed by atoms with van der Waals surface area (Å²) >= 11 is 1.66. The summed E-state index contributed by atoms with van der Waals surface area (Å²) in [4.78, 5) is 13.9. The van der Waals surface area contributed by atoms with Crippen LogP contribution in [0.5, 0.6) is 0 Å². The van der Waals surface area contributed by atoms with Crippen LogP contribution in [0.1, 0.15) is 30.9 Å². The van der Waals surface area contributed by atoms with Crippen LogP contribution in [-0.2, 0) is 4.79 Å². The fraction of sp³-hybridized carbons (Fsp3) is 0.400. The molecule has 1 unspecified atom stereocenters. The molecule has 0 bridgehead atoms. The van der Waals surface area contributed by atoms with Gasteiger partial charge >= 0.3 is 0 Å². The molecular formula is C15H17NO2S. The first-order valence-electron chi connectivity index (χ1n) is 6.69. The third kappa shape index (κ3) is 2.37. The molecule has 0 spiro atoms. The first-order chi connectivity index (χ1) is 9.29. The maximum atomic E-state index is 11.9. The monoisotopic (exact) mass is 275 g/mol. The van der Waals surface area contributed by atoms with Crippen LogP contribution in [0, 0.1) is 0 Å². The smallest absolute Gasteiger partial charge is 0.233 e. The molecule has 2 aromatic rings. The van der Waals surface area contributed by atoms with Crippen molar-refractivity contribution in [1.29, 1.82) is 0 Å². The van der Waals surface area contributed by atoms with E-state index in [1.807, 2.05) is 29.2 Å². The van der Waals surface area contributed by atoms with E-state index in [9.17, 15) is 4.79 Å². The predicted molar refractivity (Wildman–Crippen MR) is 78.0 cm³/mol. The molecule has 0 saturated carbocycles. The molecule has 100 valence electrons. The van der Waals surface area contributed by atoms with E-state index in [2.05, 4.69) is 13.0 Å². The minimum Gasteiger partial charge on any atom is -0.458 e. The molecule has 19 heavy (non-hydrogen) atoms. The number of unbranched alkanes of at least 4 members (excludes halogenated alkanes) is 1. The summed E-state index contributed by atoms with van der Waals surface area (Å²) in [5, 5.41) is 1.15. The number of hydrogen-bond acceptors (Lipinski definition) is 3. The van der Waals surface area contributed by atoms with Gasteiger partial charge in [-0.05, 0) is 18.6 Å². The second kappa shape index (κ2) is 5.29. The molecule has 1 amide bonds. The highest BCUT2D eigenvalue weighted by Crippen LogP contribution is 2.40. The minimum absolute atomic E-state index is 0.0476. The van der Waals surface area contributed by atoms with Crippen LogP contribution >= 0.6 is 11.8 Å². The number of carbonyl (C=O) groups excluding carboxylic acids is 1. The van der Waals surface area contributed by atoms with Crippen molar-refractivity contribution < 1.29 is 9.21 Å². The van der Waals surface area contributed by atoms with Gasteiger partial charge < -0.3 is 9.32 Å². The van der Waals surface area contributed by atoms with Gasteiger partial charge in [0.2, 0.25) is 5.91 Å². The second-order valence-corrected chi connectivity index (χ2v) is 5.86. The Kier molecular flexibility index (Phi) is 3.51. The Morgan fingerprint density at radius 2 is 2.26 bits per heavy atom. The van der Waals surface area contributed by atoms with Gasteiger partial charge in [0.15, 0.2) is 0 Å². The molecule has 3 rings (SSSR count). The molecule has 0 aliphatic carbocycles. The van der Waals surface area contributed by atoms with Crippen molar-refractivity contribution >= 4 is 28.6 Å². The summed E-state index contributed by atoms with van der Waals surface area (Å²) in [6, 6.07) is 10.0. The first kappa shape index (κ1) is 12.6. The van der Waals surface area contributed by atoms with Crippen molar-refractivity contribution in [2.75, 3.05) is 12.3 Å². The molecule has 0 radical (unpaired) electrons. The van der Waals surface area contributed by atoms with Gasteiger partial charge in [-0.1, -0.05) is 31.5 Å². The number of rotatable bonds is 4. The number of hydrogen-bond donors (Lipinski definition) is 0. The van der Waals surface area contributed by atoms with Crippen molar-refractivity contribution in [3.05, 3.63) is 36.1 Å². The summed E-state index contributed by atoms with van der Waals surface area (Å²) in [5.41, 5.74) is 0.896. The van der Waals surface area contributed by atoms with Crippen LogP contribution in [-0.4, -0.2) is 23.1 Å². The number of nitrogens with zero attached hydrogens (tertiary/aromatic N) is 1. The lowest BCUT2D eigenvalue weighted by Gasteiger charge is -2.21.